The van der Waals surface area contributed by atoms with Gasteiger partial charge < -0.3 is 15.1 Å². The van der Waals surface area contributed by atoms with Crippen molar-refractivity contribution in [2.75, 3.05) is 38.6 Å². The van der Waals surface area contributed by atoms with Crippen LogP contribution in [0.4, 0.5) is 5.69 Å². The third-order valence-corrected chi connectivity index (χ3v) is 4.38. The van der Waals surface area contributed by atoms with Gasteiger partial charge in [-0.3, -0.25) is 0 Å². The molecule has 0 spiro atoms. The third-order valence-electron chi connectivity index (χ3n) is 4.14. The van der Waals surface area contributed by atoms with Crippen molar-refractivity contribution in [1.82, 2.24) is 10.2 Å². The molecule has 0 unspecified atom stereocenters. The maximum Gasteiger partial charge on any atom is 0.0412 e. The van der Waals surface area contributed by atoms with Gasteiger partial charge in [0, 0.05) is 36.4 Å². The van der Waals surface area contributed by atoms with Crippen molar-refractivity contribution >= 4 is 17.3 Å². The number of halogens is 1. The van der Waals surface area contributed by atoms with Crippen molar-refractivity contribution in [3.8, 4) is 0 Å². The first-order chi connectivity index (χ1) is 9.61. The van der Waals surface area contributed by atoms with Gasteiger partial charge >= 0.3 is 0 Å². The summed E-state index contributed by atoms with van der Waals surface area (Å²) in [7, 11) is 4.36. The Morgan fingerprint density at radius 2 is 2.00 bits per heavy atom. The maximum atomic E-state index is 6.15. The van der Waals surface area contributed by atoms with Crippen LogP contribution in [0.5, 0.6) is 0 Å². The second-order valence-electron chi connectivity index (χ2n) is 5.74. The van der Waals surface area contributed by atoms with Crippen LogP contribution in [0.15, 0.2) is 18.2 Å². The van der Waals surface area contributed by atoms with Gasteiger partial charge in [-0.1, -0.05) is 18.5 Å². The van der Waals surface area contributed by atoms with Crippen LogP contribution in [-0.4, -0.2) is 44.7 Å². The Morgan fingerprint density at radius 1 is 1.30 bits per heavy atom. The molecule has 0 aliphatic carbocycles. The molecule has 0 bridgehead atoms. The molecule has 1 aromatic rings. The fraction of sp³-hybridized carbons (Fsp3) is 0.625. The average molecular weight is 296 g/mol. The molecule has 0 radical (unpaired) electrons. The van der Waals surface area contributed by atoms with Crippen LogP contribution in [0, 0.1) is 0 Å². The molecule has 0 aromatic heterocycles. The summed E-state index contributed by atoms with van der Waals surface area (Å²) in [6.45, 7) is 6.26. The van der Waals surface area contributed by atoms with Gasteiger partial charge in [-0.25, -0.2) is 0 Å². The average Bonchev–Trinajstić information content (AvgIpc) is 2.45. The molecule has 3 nitrogen and oxygen atoms in total. The van der Waals surface area contributed by atoms with Crippen molar-refractivity contribution in [3.05, 3.63) is 28.8 Å². The molecule has 1 aromatic carbocycles. The molecule has 1 saturated heterocycles. The second kappa shape index (κ2) is 7.30. The van der Waals surface area contributed by atoms with Crippen LogP contribution in [0.3, 0.4) is 0 Å². The van der Waals surface area contributed by atoms with E-state index >= 15 is 0 Å². The summed E-state index contributed by atoms with van der Waals surface area (Å²) < 4.78 is 0. The van der Waals surface area contributed by atoms with E-state index in [0.717, 1.165) is 37.2 Å². The Hall–Kier alpha value is -0.770. The Morgan fingerprint density at radius 3 is 2.60 bits per heavy atom. The van der Waals surface area contributed by atoms with Gasteiger partial charge in [-0.2, -0.15) is 0 Å². The quantitative estimate of drug-likeness (QED) is 0.901. The molecule has 2 rings (SSSR count). The Balaban J connectivity index is 2.08. The number of hydrogen-bond donors (Lipinski definition) is 1. The minimum absolute atomic E-state index is 0.718. The molecule has 1 aliphatic heterocycles. The zero-order chi connectivity index (χ0) is 14.5. The molecule has 1 fully saturated rings. The molecule has 0 amide bonds. The van der Waals surface area contributed by atoms with Crippen LogP contribution < -0.4 is 10.2 Å². The first-order valence-electron chi connectivity index (χ1n) is 7.52. The summed E-state index contributed by atoms with van der Waals surface area (Å²) in [4.78, 5) is 4.85. The number of piperidine rings is 1. The Kier molecular flexibility index (Phi) is 5.70. The molecule has 1 N–H and O–H groups in total. The summed E-state index contributed by atoms with van der Waals surface area (Å²) in [6, 6.07) is 6.99. The highest BCUT2D eigenvalue weighted by atomic mass is 35.5. The first-order valence-corrected chi connectivity index (χ1v) is 7.90. The highest BCUT2D eigenvalue weighted by Crippen LogP contribution is 2.27. The molecule has 1 aliphatic rings. The summed E-state index contributed by atoms with van der Waals surface area (Å²) in [5.74, 6) is 0. The number of anilines is 1. The molecular formula is C16H26ClN3. The van der Waals surface area contributed by atoms with Crippen molar-refractivity contribution in [2.45, 2.75) is 32.4 Å². The Labute approximate surface area is 127 Å². The fourth-order valence-corrected chi connectivity index (χ4v) is 3.08. The van der Waals surface area contributed by atoms with Gasteiger partial charge in [0.2, 0.25) is 0 Å². The maximum absolute atomic E-state index is 6.15. The van der Waals surface area contributed by atoms with Gasteiger partial charge in [-0.15, -0.1) is 0 Å². The van der Waals surface area contributed by atoms with E-state index in [4.69, 9.17) is 11.6 Å². The summed E-state index contributed by atoms with van der Waals surface area (Å²) in [5, 5.41) is 4.23. The summed E-state index contributed by atoms with van der Waals surface area (Å²) >= 11 is 6.15. The van der Waals surface area contributed by atoms with E-state index in [1.807, 2.05) is 6.07 Å². The molecule has 4 heteroatoms. The van der Waals surface area contributed by atoms with E-state index < -0.39 is 0 Å². The molecular weight excluding hydrogens is 270 g/mol. The number of hydrogen-bond acceptors (Lipinski definition) is 3. The number of nitrogens with one attached hydrogen (secondary N) is 1. The van der Waals surface area contributed by atoms with Gasteiger partial charge in [-0.05, 0) is 57.2 Å². The predicted octanol–water partition coefficient (Wildman–Crippen LogP) is 2.98. The number of nitrogens with zero attached hydrogens (tertiary/aromatic N) is 2. The van der Waals surface area contributed by atoms with E-state index in [2.05, 4.69) is 48.3 Å². The Bertz CT molecular complexity index is 426. The molecule has 20 heavy (non-hydrogen) atoms. The standard InChI is InChI=1S/C16H26ClN3/c1-4-18-12-13-11-14(17)5-6-16(13)20-9-7-15(8-10-20)19(2)3/h5-6,11,15,18H,4,7-10,12H2,1-3H3. The second-order valence-corrected chi connectivity index (χ2v) is 6.17. The van der Waals surface area contributed by atoms with E-state index in [0.29, 0.717) is 0 Å². The van der Waals surface area contributed by atoms with Crippen LogP contribution in [-0.2, 0) is 6.54 Å². The number of benzene rings is 1. The zero-order valence-electron chi connectivity index (χ0n) is 12.8. The van der Waals surface area contributed by atoms with Crippen molar-refractivity contribution in [1.29, 1.82) is 0 Å². The van der Waals surface area contributed by atoms with Gasteiger partial charge in [0.15, 0.2) is 0 Å². The molecule has 0 saturated carbocycles. The molecule has 0 atom stereocenters. The zero-order valence-corrected chi connectivity index (χ0v) is 13.6. The lowest BCUT2D eigenvalue weighted by molar-refractivity contribution is 0.249. The molecule has 112 valence electrons. The van der Waals surface area contributed by atoms with Crippen molar-refractivity contribution < 1.29 is 0 Å². The number of rotatable bonds is 5. The van der Waals surface area contributed by atoms with Crippen molar-refractivity contribution in [2.24, 2.45) is 0 Å². The third kappa shape index (κ3) is 3.87. The van der Waals surface area contributed by atoms with E-state index in [9.17, 15) is 0 Å². The highest BCUT2D eigenvalue weighted by Gasteiger charge is 2.22. The van der Waals surface area contributed by atoms with E-state index in [1.54, 1.807) is 0 Å². The normalized spacial score (nSPS) is 16.9. The van der Waals surface area contributed by atoms with E-state index in [1.165, 1.54) is 24.1 Å². The van der Waals surface area contributed by atoms with Crippen LogP contribution >= 0.6 is 11.6 Å². The topological polar surface area (TPSA) is 18.5 Å². The van der Waals surface area contributed by atoms with Gasteiger partial charge in [0.05, 0.1) is 0 Å². The largest absolute Gasteiger partial charge is 0.371 e. The van der Waals surface area contributed by atoms with Crippen LogP contribution in [0.2, 0.25) is 5.02 Å². The summed E-state index contributed by atoms with van der Waals surface area (Å²) in [6.07, 6.45) is 2.46. The summed E-state index contributed by atoms with van der Waals surface area (Å²) in [5.41, 5.74) is 2.65. The van der Waals surface area contributed by atoms with Crippen LogP contribution in [0.1, 0.15) is 25.3 Å². The minimum Gasteiger partial charge on any atom is -0.371 e. The lowest BCUT2D eigenvalue weighted by atomic mass is 10.0. The fourth-order valence-electron chi connectivity index (χ4n) is 2.89. The monoisotopic (exact) mass is 295 g/mol. The van der Waals surface area contributed by atoms with Crippen LogP contribution in [0.25, 0.3) is 0 Å². The van der Waals surface area contributed by atoms with Gasteiger partial charge in [0.1, 0.15) is 0 Å². The molecule has 1 heterocycles. The lowest BCUT2D eigenvalue weighted by Gasteiger charge is -2.37. The highest BCUT2D eigenvalue weighted by molar-refractivity contribution is 6.30. The first kappa shape index (κ1) is 15.6. The van der Waals surface area contributed by atoms with E-state index in [-0.39, 0.29) is 0 Å². The van der Waals surface area contributed by atoms with Crippen molar-refractivity contribution in [3.63, 3.8) is 0 Å². The smallest absolute Gasteiger partial charge is 0.0412 e. The minimum atomic E-state index is 0.718. The SMILES string of the molecule is CCNCc1cc(Cl)ccc1N1CCC(N(C)C)CC1. The lowest BCUT2D eigenvalue weighted by Crippen LogP contribution is -2.42. The van der Waals surface area contributed by atoms with Gasteiger partial charge in [0.25, 0.3) is 0 Å². The predicted molar refractivity (Wildman–Crippen MR) is 87.8 cm³/mol.